The number of carbonyl (C=O) groups excluding carboxylic acids is 1. The van der Waals surface area contributed by atoms with Crippen molar-refractivity contribution in [1.29, 1.82) is 0 Å². The number of allylic oxidation sites excluding steroid dienone is 1. The van der Waals surface area contributed by atoms with Crippen LogP contribution in [0.4, 0.5) is 0 Å². The van der Waals surface area contributed by atoms with Gasteiger partial charge in [-0.15, -0.1) is 0 Å². The summed E-state index contributed by atoms with van der Waals surface area (Å²) in [5.41, 5.74) is -1.32. The molecule has 0 radical (unpaired) electrons. The van der Waals surface area contributed by atoms with Crippen molar-refractivity contribution in [3.05, 3.63) is 11.6 Å². The third-order valence-corrected chi connectivity index (χ3v) is 9.37. The lowest BCUT2D eigenvalue weighted by Crippen LogP contribution is -2.63. The lowest BCUT2D eigenvalue weighted by Gasteiger charge is -2.58. The summed E-state index contributed by atoms with van der Waals surface area (Å²) in [5.74, 6) is 0.698. The second-order valence-electron chi connectivity index (χ2n) is 10.7. The van der Waals surface area contributed by atoms with Gasteiger partial charge < -0.3 is 14.6 Å². The van der Waals surface area contributed by atoms with E-state index >= 15 is 0 Å². The average molecular weight is 403 g/mol. The summed E-state index contributed by atoms with van der Waals surface area (Å²) < 4.78 is 6.24. The first kappa shape index (κ1) is 21.1. The van der Waals surface area contributed by atoms with Crippen LogP contribution >= 0.6 is 0 Å². The zero-order valence-corrected chi connectivity index (χ0v) is 18.6. The lowest BCUT2D eigenvalue weighted by molar-refractivity contribution is -0.186. The minimum Gasteiger partial charge on any atom is -0.481 e. The number of rotatable bonds is 9. The molecule has 162 valence electrons. The van der Waals surface area contributed by atoms with Crippen molar-refractivity contribution < 1.29 is 19.4 Å². The predicted octanol–water partition coefficient (Wildman–Crippen LogP) is 5.12. The Hall–Kier alpha value is -1.16. The van der Waals surface area contributed by atoms with Crippen molar-refractivity contribution in [1.82, 2.24) is 0 Å². The molecule has 0 spiro atoms. The Balaban J connectivity index is 1.82. The second-order valence-corrected chi connectivity index (χ2v) is 10.7. The number of aldehydes is 1. The van der Waals surface area contributed by atoms with Gasteiger partial charge in [0, 0.05) is 12.0 Å². The molecule has 4 bridgehead atoms. The number of hydrogen-bond acceptors (Lipinski definition) is 3. The summed E-state index contributed by atoms with van der Waals surface area (Å²) in [4.78, 5) is 26.1. The van der Waals surface area contributed by atoms with E-state index in [0.717, 1.165) is 50.4 Å². The van der Waals surface area contributed by atoms with Gasteiger partial charge in [-0.05, 0) is 55.3 Å². The molecular weight excluding hydrogens is 364 g/mol. The van der Waals surface area contributed by atoms with E-state index in [1.165, 1.54) is 0 Å². The summed E-state index contributed by atoms with van der Waals surface area (Å²) >= 11 is 0. The van der Waals surface area contributed by atoms with E-state index in [2.05, 4.69) is 33.8 Å². The SMILES string of the molecule is CCCCCOC[C@]12CC3C(C)CCC3[C@@]3(C=O)CC1C=C(C(C)C)[C@@]23C(=O)O. The Kier molecular flexibility index (Phi) is 5.25. The van der Waals surface area contributed by atoms with E-state index in [1.807, 2.05) is 0 Å². The molecule has 7 atom stereocenters. The zero-order chi connectivity index (χ0) is 21.0. The highest BCUT2D eigenvalue weighted by Crippen LogP contribution is 2.82. The van der Waals surface area contributed by atoms with Gasteiger partial charge >= 0.3 is 5.97 Å². The quantitative estimate of drug-likeness (QED) is 0.330. The molecule has 4 aliphatic rings. The molecule has 4 aliphatic carbocycles. The van der Waals surface area contributed by atoms with Gasteiger partial charge in [0.15, 0.2) is 0 Å². The molecular formula is C25H38O4. The number of carbonyl (C=O) groups is 2. The highest BCUT2D eigenvalue weighted by molar-refractivity contribution is 5.90. The molecule has 4 heteroatoms. The Morgan fingerprint density at radius 1 is 1.31 bits per heavy atom. The maximum absolute atomic E-state index is 13.2. The standard InChI is InChI=1S/C25H38O4/c1-5-6-7-10-29-15-24-13-19-17(4)8-9-20(19)23(14-26)12-18(24)11-21(16(2)3)25(23,24)22(27)28/h11,14,16-20H,5-10,12-13,15H2,1-4H3,(H,27,28)/t17?,18?,19?,20?,23-,24+,25-/m0/s1. The first-order chi connectivity index (χ1) is 13.8. The summed E-state index contributed by atoms with van der Waals surface area (Å²) in [6, 6.07) is 0. The van der Waals surface area contributed by atoms with E-state index in [-0.39, 0.29) is 17.8 Å². The number of ether oxygens (including phenoxy) is 1. The van der Waals surface area contributed by atoms with E-state index in [0.29, 0.717) is 31.5 Å². The molecule has 0 aromatic heterocycles. The fraction of sp³-hybridized carbons (Fsp3) is 0.840. The van der Waals surface area contributed by atoms with Crippen LogP contribution < -0.4 is 0 Å². The Morgan fingerprint density at radius 3 is 2.69 bits per heavy atom. The molecule has 0 saturated heterocycles. The molecule has 4 unspecified atom stereocenters. The minimum atomic E-state index is -1.09. The average Bonchev–Trinajstić information content (AvgIpc) is 3.25. The van der Waals surface area contributed by atoms with Crippen LogP contribution in [-0.4, -0.2) is 30.6 Å². The van der Waals surface area contributed by atoms with E-state index in [4.69, 9.17) is 4.74 Å². The number of carboxylic acid groups (broad SMARTS) is 1. The van der Waals surface area contributed by atoms with Crippen LogP contribution in [0.25, 0.3) is 0 Å². The van der Waals surface area contributed by atoms with Crippen LogP contribution in [0, 0.1) is 45.8 Å². The normalized spacial score (nSPS) is 44.8. The lowest BCUT2D eigenvalue weighted by atomic mass is 9.43. The number of hydrogen-bond donors (Lipinski definition) is 1. The van der Waals surface area contributed by atoms with Crippen molar-refractivity contribution in [3.63, 3.8) is 0 Å². The Labute approximate surface area is 175 Å². The summed E-state index contributed by atoms with van der Waals surface area (Å²) in [7, 11) is 0. The van der Waals surface area contributed by atoms with Crippen LogP contribution in [0.3, 0.4) is 0 Å². The largest absolute Gasteiger partial charge is 0.481 e. The van der Waals surface area contributed by atoms with Gasteiger partial charge in [-0.25, -0.2) is 0 Å². The molecule has 0 aromatic carbocycles. The fourth-order valence-electron chi connectivity index (χ4n) is 8.34. The van der Waals surface area contributed by atoms with Crippen LogP contribution in [0.2, 0.25) is 0 Å². The van der Waals surface area contributed by atoms with E-state index in [1.54, 1.807) is 0 Å². The molecule has 29 heavy (non-hydrogen) atoms. The van der Waals surface area contributed by atoms with Gasteiger partial charge in [-0.1, -0.05) is 58.6 Å². The maximum atomic E-state index is 13.2. The van der Waals surface area contributed by atoms with E-state index in [9.17, 15) is 14.7 Å². The molecule has 1 N–H and O–H groups in total. The maximum Gasteiger partial charge on any atom is 0.315 e. The third-order valence-electron chi connectivity index (χ3n) is 9.37. The number of fused-ring (bicyclic) bond motifs is 2. The smallest absolute Gasteiger partial charge is 0.315 e. The molecule has 0 amide bonds. The van der Waals surface area contributed by atoms with Crippen molar-refractivity contribution in [2.24, 2.45) is 45.8 Å². The Morgan fingerprint density at radius 2 is 2.07 bits per heavy atom. The van der Waals surface area contributed by atoms with Crippen LogP contribution in [0.1, 0.15) is 72.6 Å². The number of carboxylic acids is 1. The monoisotopic (exact) mass is 402 g/mol. The summed E-state index contributed by atoms with van der Waals surface area (Å²) in [5, 5.41) is 10.8. The topological polar surface area (TPSA) is 63.6 Å². The second kappa shape index (κ2) is 7.21. The van der Waals surface area contributed by atoms with Gasteiger partial charge in [-0.2, -0.15) is 0 Å². The fourth-order valence-corrected chi connectivity index (χ4v) is 8.34. The molecule has 0 aromatic rings. The van der Waals surface area contributed by atoms with Crippen LogP contribution in [0.5, 0.6) is 0 Å². The number of unbranched alkanes of at least 4 members (excludes halogenated alkanes) is 2. The van der Waals surface area contributed by atoms with Crippen LogP contribution in [-0.2, 0) is 14.3 Å². The Bertz CT molecular complexity index is 712. The zero-order valence-electron chi connectivity index (χ0n) is 18.6. The third kappa shape index (κ3) is 2.41. The first-order valence-electron chi connectivity index (χ1n) is 11.8. The van der Waals surface area contributed by atoms with Gasteiger partial charge in [0.25, 0.3) is 0 Å². The summed E-state index contributed by atoms with van der Waals surface area (Å²) in [6.07, 6.45) is 10.3. The molecule has 0 aliphatic heterocycles. The molecule has 0 heterocycles. The number of aliphatic carboxylic acids is 1. The van der Waals surface area contributed by atoms with Crippen molar-refractivity contribution in [2.45, 2.75) is 72.6 Å². The predicted molar refractivity (Wildman–Crippen MR) is 112 cm³/mol. The first-order valence-corrected chi connectivity index (χ1v) is 11.8. The highest BCUT2D eigenvalue weighted by atomic mass is 16.5. The highest BCUT2D eigenvalue weighted by Gasteiger charge is 2.84. The summed E-state index contributed by atoms with van der Waals surface area (Å²) in [6.45, 7) is 9.83. The molecule has 3 fully saturated rings. The molecule has 4 nitrogen and oxygen atoms in total. The van der Waals surface area contributed by atoms with Crippen molar-refractivity contribution >= 4 is 12.3 Å². The van der Waals surface area contributed by atoms with Crippen molar-refractivity contribution in [2.75, 3.05) is 13.2 Å². The van der Waals surface area contributed by atoms with E-state index < -0.39 is 22.2 Å². The van der Waals surface area contributed by atoms with Crippen molar-refractivity contribution in [3.8, 4) is 0 Å². The molecule has 3 saturated carbocycles. The van der Waals surface area contributed by atoms with Gasteiger partial charge in [0.1, 0.15) is 11.7 Å². The minimum absolute atomic E-state index is 0.130. The van der Waals surface area contributed by atoms with Gasteiger partial charge in [-0.3, -0.25) is 4.79 Å². The van der Waals surface area contributed by atoms with Gasteiger partial charge in [0.2, 0.25) is 0 Å². The molecule has 4 rings (SSSR count). The van der Waals surface area contributed by atoms with Gasteiger partial charge in [0.05, 0.1) is 12.0 Å². The van der Waals surface area contributed by atoms with Crippen LogP contribution in [0.15, 0.2) is 11.6 Å².